The van der Waals surface area contributed by atoms with Crippen LogP contribution < -0.4 is 4.74 Å². The molecule has 0 spiro atoms. The van der Waals surface area contributed by atoms with Crippen molar-refractivity contribution in [3.8, 4) is 5.75 Å². The quantitative estimate of drug-likeness (QED) is 0.336. The summed E-state index contributed by atoms with van der Waals surface area (Å²) in [6.45, 7) is 6.19. The van der Waals surface area contributed by atoms with E-state index in [-0.39, 0.29) is 24.9 Å². The summed E-state index contributed by atoms with van der Waals surface area (Å²) in [7, 11) is 2.79. The van der Waals surface area contributed by atoms with Crippen molar-refractivity contribution in [2.24, 2.45) is 22.7 Å². The molecule has 0 aromatic heterocycles. The van der Waals surface area contributed by atoms with Gasteiger partial charge in [-0.1, -0.05) is 25.1 Å². The van der Waals surface area contributed by atoms with Gasteiger partial charge in [0.25, 0.3) is 0 Å². The highest BCUT2D eigenvalue weighted by Crippen LogP contribution is 2.47. The third-order valence-electron chi connectivity index (χ3n) is 6.17. The van der Waals surface area contributed by atoms with Crippen LogP contribution in [0.2, 0.25) is 0 Å². The molecule has 0 amide bonds. The first kappa shape index (κ1) is 24.6. The van der Waals surface area contributed by atoms with Gasteiger partial charge in [-0.15, -0.1) is 0 Å². The van der Waals surface area contributed by atoms with Gasteiger partial charge in [-0.2, -0.15) is 0 Å². The largest absolute Gasteiger partial charge is 0.494 e. The molecule has 1 aliphatic heterocycles. The Bertz CT molecular complexity index is 981. The number of nitrogens with zero attached hydrogens (tertiary/aromatic N) is 1. The van der Waals surface area contributed by atoms with Crippen LogP contribution in [-0.2, 0) is 28.6 Å². The third-order valence-corrected chi connectivity index (χ3v) is 6.17. The first-order valence-corrected chi connectivity index (χ1v) is 11.1. The van der Waals surface area contributed by atoms with Gasteiger partial charge in [0.15, 0.2) is 5.78 Å². The molecule has 1 heterocycles. The van der Waals surface area contributed by atoms with E-state index in [1.165, 1.54) is 14.2 Å². The lowest BCUT2D eigenvalue weighted by Gasteiger charge is -2.40. The Morgan fingerprint density at radius 3 is 2.52 bits per heavy atom. The number of carbonyl (C=O) groups is 3. The number of fused-ring (bicyclic) bond motifs is 1. The molecule has 1 aromatic rings. The summed E-state index contributed by atoms with van der Waals surface area (Å²) in [4.78, 5) is 44.1. The number of benzene rings is 1. The summed E-state index contributed by atoms with van der Waals surface area (Å²) in [5.41, 5.74) is 2.13. The minimum absolute atomic E-state index is 0.0724. The summed E-state index contributed by atoms with van der Waals surface area (Å²) < 4.78 is 21.2. The number of Topliss-reactive ketones (excluding diaryl/α,β-unsaturated/α-hetero) is 1. The number of ketones is 1. The predicted octanol–water partition coefficient (Wildman–Crippen LogP) is 3.10. The fourth-order valence-electron chi connectivity index (χ4n) is 4.76. The van der Waals surface area contributed by atoms with E-state index in [0.29, 0.717) is 41.3 Å². The Kier molecular flexibility index (Phi) is 8.02. The average Bonchev–Trinajstić information content (AvgIpc) is 2.78. The maximum Gasteiger partial charge on any atom is 0.336 e. The van der Waals surface area contributed by atoms with Crippen molar-refractivity contribution in [2.45, 2.75) is 33.1 Å². The van der Waals surface area contributed by atoms with Crippen molar-refractivity contribution >= 4 is 23.4 Å². The molecule has 1 aromatic carbocycles. The SMILES string of the molecule is CCOc1ccccc1C1C(C(=O)OCCOC)=C(C)N=C2CC(C)C(C(=O)OC)C(=O)C21. The Morgan fingerprint density at radius 2 is 1.85 bits per heavy atom. The van der Waals surface area contributed by atoms with Gasteiger partial charge in [0.1, 0.15) is 18.3 Å². The fraction of sp³-hybridized carbons (Fsp3) is 0.520. The molecule has 0 bridgehead atoms. The Hall–Kier alpha value is -3.00. The van der Waals surface area contributed by atoms with Gasteiger partial charge < -0.3 is 18.9 Å². The summed E-state index contributed by atoms with van der Waals surface area (Å²) >= 11 is 0. The van der Waals surface area contributed by atoms with Crippen LogP contribution in [0.4, 0.5) is 0 Å². The van der Waals surface area contributed by atoms with E-state index in [4.69, 9.17) is 18.9 Å². The highest BCUT2D eigenvalue weighted by atomic mass is 16.6. The number of hydrogen-bond donors (Lipinski definition) is 0. The first-order chi connectivity index (χ1) is 15.8. The highest BCUT2D eigenvalue weighted by molar-refractivity contribution is 6.17. The van der Waals surface area contributed by atoms with Crippen molar-refractivity contribution in [3.63, 3.8) is 0 Å². The monoisotopic (exact) mass is 457 g/mol. The van der Waals surface area contributed by atoms with E-state index in [9.17, 15) is 14.4 Å². The molecule has 4 unspecified atom stereocenters. The molecule has 0 N–H and O–H groups in total. The van der Waals surface area contributed by atoms with Crippen LogP contribution in [-0.4, -0.2) is 57.5 Å². The first-order valence-electron chi connectivity index (χ1n) is 11.1. The van der Waals surface area contributed by atoms with E-state index in [1.54, 1.807) is 13.0 Å². The molecule has 2 aliphatic rings. The fourth-order valence-corrected chi connectivity index (χ4v) is 4.76. The van der Waals surface area contributed by atoms with Gasteiger partial charge in [-0.3, -0.25) is 14.6 Å². The topological polar surface area (TPSA) is 100 Å². The summed E-state index contributed by atoms with van der Waals surface area (Å²) in [5.74, 6) is -3.53. The summed E-state index contributed by atoms with van der Waals surface area (Å²) in [6.07, 6.45) is 0.451. The van der Waals surface area contributed by atoms with E-state index in [1.807, 2.05) is 32.0 Å². The van der Waals surface area contributed by atoms with Crippen LogP contribution in [0.3, 0.4) is 0 Å². The number of hydrogen-bond acceptors (Lipinski definition) is 8. The molecule has 178 valence electrons. The van der Waals surface area contributed by atoms with Crippen LogP contribution in [0.5, 0.6) is 5.75 Å². The number of rotatable bonds is 8. The van der Waals surface area contributed by atoms with Gasteiger partial charge >= 0.3 is 11.9 Å². The average molecular weight is 458 g/mol. The number of methoxy groups -OCH3 is 2. The van der Waals surface area contributed by atoms with Crippen LogP contribution in [0.25, 0.3) is 0 Å². The number of esters is 2. The number of aliphatic imine (C=N–C) groups is 1. The normalized spacial score (nSPS) is 24.6. The summed E-state index contributed by atoms with van der Waals surface area (Å²) in [5, 5.41) is 0. The molecule has 3 rings (SSSR count). The highest BCUT2D eigenvalue weighted by Gasteiger charge is 2.51. The predicted molar refractivity (Wildman–Crippen MR) is 121 cm³/mol. The standard InChI is InChI=1S/C25H31NO7/c1-6-32-18-10-8-7-9-16(18)21-20(25(29)33-12-11-30-4)15(3)26-17-13-14(2)19(24(28)31-5)23(27)22(17)21/h7-10,14,19,21-22H,6,11-13H2,1-5H3. The second kappa shape index (κ2) is 10.7. The Labute approximate surface area is 193 Å². The van der Waals surface area contributed by atoms with Gasteiger partial charge in [0.05, 0.1) is 31.8 Å². The maximum atomic E-state index is 13.7. The van der Waals surface area contributed by atoms with Gasteiger partial charge in [0.2, 0.25) is 0 Å². The van der Waals surface area contributed by atoms with Gasteiger partial charge in [-0.05, 0) is 32.3 Å². The van der Waals surface area contributed by atoms with Crippen molar-refractivity contribution in [1.29, 1.82) is 0 Å². The van der Waals surface area contributed by atoms with Crippen molar-refractivity contribution in [3.05, 3.63) is 41.1 Å². The lowest BCUT2D eigenvalue weighted by Crippen LogP contribution is -2.48. The minimum atomic E-state index is -0.926. The zero-order valence-electron chi connectivity index (χ0n) is 19.8. The van der Waals surface area contributed by atoms with E-state index >= 15 is 0 Å². The van der Waals surface area contributed by atoms with Crippen molar-refractivity contribution in [2.75, 3.05) is 34.0 Å². The molecule has 8 heteroatoms. The number of para-hydroxylation sites is 1. The van der Waals surface area contributed by atoms with Crippen LogP contribution >= 0.6 is 0 Å². The number of ether oxygens (including phenoxy) is 4. The minimum Gasteiger partial charge on any atom is -0.494 e. The van der Waals surface area contributed by atoms with Crippen LogP contribution in [0.1, 0.15) is 38.7 Å². The van der Waals surface area contributed by atoms with E-state index < -0.39 is 29.7 Å². The molecule has 4 atom stereocenters. The van der Waals surface area contributed by atoms with Crippen molar-refractivity contribution in [1.82, 2.24) is 0 Å². The molecular weight excluding hydrogens is 426 g/mol. The zero-order chi connectivity index (χ0) is 24.1. The van der Waals surface area contributed by atoms with Crippen LogP contribution in [0.15, 0.2) is 40.5 Å². The molecule has 1 fully saturated rings. The molecule has 0 saturated heterocycles. The smallest absolute Gasteiger partial charge is 0.336 e. The molecule has 1 aliphatic carbocycles. The maximum absolute atomic E-state index is 13.7. The second-order valence-corrected chi connectivity index (χ2v) is 8.24. The molecule has 8 nitrogen and oxygen atoms in total. The lowest BCUT2D eigenvalue weighted by atomic mass is 9.63. The second-order valence-electron chi connectivity index (χ2n) is 8.24. The van der Waals surface area contributed by atoms with Gasteiger partial charge in [-0.25, -0.2) is 4.79 Å². The van der Waals surface area contributed by atoms with E-state index in [0.717, 1.165) is 0 Å². The Balaban J connectivity index is 2.16. The van der Waals surface area contributed by atoms with E-state index in [2.05, 4.69) is 4.99 Å². The van der Waals surface area contributed by atoms with Crippen molar-refractivity contribution < 1.29 is 33.3 Å². The Morgan fingerprint density at radius 1 is 1.12 bits per heavy atom. The molecule has 1 saturated carbocycles. The van der Waals surface area contributed by atoms with Gasteiger partial charge in [0, 0.05) is 30.0 Å². The van der Waals surface area contributed by atoms with Crippen LogP contribution in [0, 0.1) is 17.8 Å². The zero-order valence-corrected chi connectivity index (χ0v) is 19.8. The summed E-state index contributed by atoms with van der Waals surface area (Å²) in [6, 6.07) is 7.32. The molecular formula is C25H31NO7. The number of allylic oxidation sites excluding steroid dienone is 1. The third kappa shape index (κ3) is 4.85. The lowest BCUT2D eigenvalue weighted by molar-refractivity contribution is -0.152. The molecule has 0 radical (unpaired) electrons. The molecule has 33 heavy (non-hydrogen) atoms. The number of carbonyl (C=O) groups excluding carboxylic acids is 3.